The first-order valence-electron chi connectivity index (χ1n) is 10.7. The van der Waals surface area contributed by atoms with Gasteiger partial charge in [0.15, 0.2) is 0 Å². The van der Waals surface area contributed by atoms with Gasteiger partial charge in [0.1, 0.15) is 17.7 Å². The Bertz CT molecular complexity index is 1430. The van der Waals surface area contributed by atoms with Gasteiger partial charge in [-0.05, 0) is 54.6 Å². The van der Waals surface area contributed by atoms with Gasteiger partial charge >= 0.3 is 6.18 Å². The van der Waals surface area contributed by atoms with E-state index < -0.39 is 50.2 Å². The topological polar surface area (TPSA) is 84.9 Å². The molecule has 1 atom stereocenters. The highest BCUT2D eigenvalue weighted by Gasteiger charge is 2.37. The van der Waals surface area contributed by atoms with Crippen molar-refractivity contribution >= 4 is 38.9 Å². The number of hydrogen-bond donors (Lipinski definition) is 1. The Morgan fingerprint density at radius 2 is 1.86 bits per heavy atom. The lowest BCUT2D eigenvalue weighted by molar-refractivity contribution is -0.137. The number of halogens is 5. The Balaban J connectivity index is 1.73. The third kappa shape index (κ3) is 5.50. The van der Waals surface area contributed by atoms with Crippen molar-refractivity contribution in [3.8, 4) is 5.75 Å². The molecule has 1 aliphatic rings. The third-order valence-corrected chi connectivity index (χ3v) is 7.56. The van der Waals surface area contributed by atoms with Gasteiger partial charge < -0.3 is 14.8 Å². The van der Waals surface area contributed by atoms with Crippen molar-refractivity contribution in [3.05, 3.63) is 82.6 Å². The van der Waals surface area contributed by atoms with E-state index in [0.717, 1.165) is 46.8 Å². The van der Waals surface area contributed by atoms with Crippen LogP contribution in [0.3, 0.4) is 0 Å². The van der Waals surface area contributed by atoms with Crippen LogP contribution in [-0.4, -0.2) is 40.7 Å². The number of fused-ring (bicyclic) bond motifs is 1. The molecule has 7 nitrogen and oxygen atoms in total. The fourth-order valence-corrected chi connectivity index (χ4v) is 5.57. The Morgan fingerprint density at radius 1 is 1.16 bits per heavy atom. The van der Waals surface area contributed by atoms with Gasteiger partial charge in [-0.25, -0.2) is 12.8 Å². The van der Waals surface area contributed by atoms with Crippen molar-refractivity contribution in [3.63, 3.8) is 0 Å². The number of alkyl halides is 3. The molecule has 0 spiro atoms. The maximum Gasteiger partial charge on any atom is 0.417 e. The van der Waals surface area contributed by atoms with Crippen LogP contribution in [0, 0.1) is 5.82 Å². The highest BCUT2D eigenvalue weighted by molar-refractivity contribution is 7.92. The first-order valence-corrected chi connectivity index (χ1v) is 12.5. The van der Waals surface area contributed by atoms with Crippen LogP contribution in [0.2, 0.25) is 5.02 Å². The average molecular weight is 559 g/mol. The van der Waals surface area contributed by atoms with Gasteiger partial charge in [-0.1, -0.05) is 17.7 Å². The minimum absolute atomic E-state index is 0.00936. The van der Waals surface area contributed by atoms with E-state index in [9.17, 15) is 30.8 Å². The number of hydrogen-bond acceptors (Lipinski definition) is 5. The van der Waals surface area contributed by atoms with Crippen LogP contribution in [-0.2, 0) is 20.9 Å². The van der Waals surface area contributed by atoms with Crippen molar-refractivity contribution in [1.82, 2.24) is 0 Å². The zero-order chi connectivity index (χ0) is 27.0. The van der Waals surface area contributed by atoms with Crippen molar-refractivity contribution in [2.75, 3.05) is 29.9 Å². The summed E-state index contributed by atoms with van der Waals surface area (Å²) in [5, 5.41) is 1.94. The molecule has 4 rings (SSSR count). The molecular formula is C24H19ClF4N2O5S. The number of carbonyl (C=O) groups is 1. The molecular weight excluding hydrogens is 540 g/mol. The lowest BCUT2D eigenvalue weighted by atomic mass is 10.1. The molecule has 0 saturated heterocycles. The van der Waals surface area contributed by atoms with Crippen LogP contribution < -0.4 is 14.4 Å². The summed E-state index contributed by atoms with van der Waals surface area (Å²) in [6.07, 6.45) is -5.52. The zero-order valence-corrected chi connectivity index (χ0v) is 20.6. The summed E-state index contributed by atoms with van der Waals surface area (Å²) in [4.78, 5) is 12.6. The molecule has 1 amide bonds. The molecule has 0 radical (unpaired) electrons. The average Bonchev–Trinajstić information content (AvgIpc) is 2.83. The van der Waals surface area contributed by atoms with E-state index in [4.69, 9.17) is 21.1 Å². The number of rotatable bonds is 6. The van der Waals surface area contributed by atoms with Crippen LogP contribution in [0.1, 0.15) is 15.9 Å². The Hall–Kier alpha value is -3.35. The van der Waals surface area contributed by atoms with Crippen molar-refractivity contribution in [2.24, 2.45) is 0 Å². The number of amides is 1. The number of sulfonamides is 1. The molecule has 0 fully saturated rings. The second-order valence-corrected chi connectivity index (χ2v) is 10.3. The molecule has 1 aliphatic heterocycles. The molecule has 3 aromatic carbocycles. The minimum Gasteiger partial charge on any atom is -0.484 e. The first-order chi connectivity index (χ1) is 17.4. The van der Waals surface area contributed by atoms with Crippen molar-refractivity contribution < 1.29 is 40.2 Å². The SMILES string of the molecule is COCC1CN(S(=O)(=O)c2ccc(F)cc2)c2cc(NC(=O)c3c(Cl)cccc3C(F)(F)F)ccc2O1. The Labute approximate surface area is 214 Å². The van der Waals surface area contributed by atoms with E-state index in [1.54, 1.807) is 0 Å². The molecule has 13 heteroatoms. The Morgan fingerprint density at radius 3 is 2.51 bits per heavy atom. The van der Waals surface area contributed by atoms with E-state index in [1.807, 2.05) is 0 Å². The smallest absolute Gasteiger partial charge is 0.417 e. The van der Waals surface area contributed by atoms with E-state index in [1.165, 1.54) is 25.3 Å². The van der Waals surface area contributed by atoms with Gasteiger partial charge in [0.2, 0.25) is 0 Å². The van der Waals surface area contributed by atoms with E-state index in [2.05, 4.69) is 5.32 Å². The van der Waals surface area contributed by atoms with Gasteiger partial charge in [-0.2, -0.15) is 13.2 Å². The lowest BCUT2D eigenvalue weighted by Gasteiger charge is -2.35. The summed E-state index contributed by atoms with van der Waals surface area (Å²) in [6.45, 7) is -0.124. The molecule has 1 N–H and O–H groups in total. The molecule has 0 aromatic heterocycles. The fourth-order valence-electron chi connectivity index (χ4n) is 3.81. The highest BCUT2D eigenvalue weighted by Crippen LogP contribution is 2.40. The van der Waals surface area contributed by atoms with Gasteiger partial charge in [0.25, 0.3) is 15.9 Å². The predicted octanol–water partition coefficient (Wildman–Crippen LogP) is 5.35. The van der Waals surface area contributed by atoms with E-state index >= 15 is 0 Å². The lowest BCUT2D eigenvalue weighted by Crippen LogP contribution is -2.45. The molecule has 0 bridgehead atoms. The van der Waals surface area contributed by atoms with Crippen LogP contribution >= 0.6 is 11.6 Å². The van der Waals surface area contributed by atoms with Crippen LogP contribution in [0.15, 0.2) is 65.6 Å². The molecule has 0 saturated carbocycles. The van der Waals surface area contributed by atoms with Gasteiger partial charge in [0.05, 0.1) is 39.9 Å². The maximum atomic E-state index is 13.5. The number of carbonyl (C=O) groups excluding carboxylic acids is 1. The summed E-state index contributed by atoms with van der Waals surface area (Å²) < 4.78 is 92.6. The zero-order valence-electron chi connectivity index (χ0n) is 19.1. The van der Waals surface area contributed by atoms with E-state index in [0.29, 0.717) is 0 Å². The number of nitrogens with one attached hydrogen (secondary N) is 1. The predicted molar refractivity (Wildman–Crippen MR) is 128 cm³/mol. The molecule has 1 heterocycles. The Kier molecular flexibility index (Phi) is 7.36. The molecule has 0 aliphatic carbocycles. The highest BCUT2D eigenvalue weighted by atomic mass is 35.5. The third-order valence-electron chi connectivity index (χ3n) is 5.45. The van der Waals surface area contributed by atoms with Gasteiger partial charge in [0, 0.05) is 12.8 Å². The first kappa shape index (κ1) is 26.7. The number of anilines is 2. The maximum absolute atomic E-state index is 13.5. The quantitative estimate of drug-likeness (QED) is 0.412. The standard InChI is InChI=1S/C24H19ClF4N2O5S/c1-35-13-16-12-31(37(33,34)17-8-5-14(26)6-9-17)20-11-15(7-10-21(20)36-16)30-23(32)22-18(24(27,28)29)3-2-4-19(22)25/h2-11,16H,12-13H2,1H3,(H,30,32). The largest absolute Gasteiger partial charge is 0.484 e. The monoisotopic (exact) mass is 558 g/mol. The van der Waals surface area contributed by atoms with Crippen molar-refractivity contribution in [1.29, 1.82) is 0 Å². The van der Waals surface area contributed by atoms with Gasteiger partial charge in [-0.15, -0.1) is 0 Å². The number of ether oxygens (including phenoxy) is 2. The second-order valence-electron chi connectivity index (χ2n) is 7.98. The summed E-state index contributed by atoms with van der Waals surface area (Å²) in [5.41, 5.74) is -1.99. The molecule has 196 valence electrons. The van der Waals surface area contributed by atoms with Gasteiger partial charge in [-0.3, -0.25) is 9.10 Å². The summed E-state index contributed by atoms with van der Waals surface area (Å²) >= 11 is 5.91. The minimum atomic E-state index is -4.84. The van der Waals surface area contributed by atoms with Crippen molar-refractivity contribution in [2.45, 2.75) is 17.2 Å². The summed E-state index contributed by atoms with van der Waals surface area (Å²) in [6, 6.07) is 11.1. The normalized spacial score (nSPS) is 15.6. The summed E-state index contributed by atoms with van der Waals surface area (Å²) in [7, 11) is -2.81. The molecule has 37 heavy (non-hydrogen) atoms. The number of benzene rings is 3. The van der Waals surface area contributed by atoms with Crippen LogP contribution in [0.25, 0.3) is 0 Å². The van der Waals surface area contributed by atoms with E-state index in [-0.39, 0.29) is 35.2 Å². The van der Waals surface area contributed by atoms with Crippen LogP contribution in [0.5, 0.6) is 5.75 Å². The molecule has 3 aromatic rings. The number of methoxy groups -OCH3 is 1. The fraction of sp³-hybridized carbons (Fsp3) is 0.208. The molecule has 1 unspecified atom stereocenters. The number of nitrogens with zero attached hydrogens (tertiary/aromatic N) is 1. The summed E-state index contributed by atoms with van der Waals surface area (Å²) in [5.74, 6) is -1.63. The van der Waals surface area contributed by atoms with Crippen LogP contribution in [0.4, 0.5) is 28.9 Å². The second kappa shape index (κ2) is 10.2.